The lowest BCUT2D eigenvalue weighted by Gasteiger charge is -2.24. The Morgan fingerprint density at radius 2 is 2.16 bits per heavy atom. The third kappa shape index (κ3) is 4.17. The molecule has 1 aromatic heterocycles. The summed E-state index contributed by atoms with van der Waals surface area (Å²) in [5, 5.41) is 7.30. The fourth-order valence-electron chi connectivity index (χ4n) is 3.17. The highest BCUT2D eigenvalue weighted by atomic mass is 16.5. The lowest BCUT2D eigenvalue weighted by atomic mass is 10.1. The molecule has 0 saturated carbocycles. The molecule has 1 aliphatic heterocycles. The Bertz CT molecular complexity index is 728. The predicted molar refractivity (Wildman–Crippen MR) is 93.9 cm³/mol. The highest BCUT2D eigenvalue weighted by Crippen LogP contribution is 2.22. The summed E-state index contributed by atoms with van der Waals surface area (Å²) in [4.78, 5) is 19.2. The number of ether oxygens (including phenoxy) is 1. The van der Waals surface area contributed by atoms with Crippen molar-refractivity contribution in [2.24, 2.45) is 5.92 Å². The maximum atomic E-state index is 12.6. The van der Waals surface area contributed by atoms with Crippen LogP contribution in [-0.2, 0) is 24.4 Å². The number of carbonyl (C=O) groups excluding carboxylic acids is 1. The summed E-state index contributed by atoms with van der Waals surface area (Å²) >= 11 is 0. The third-order valence-corrected chi connectivity index (χ3v) is 4.32. The predicted octanol–water partition coefficient (Wildman–Crippen LogP) is 1.44. The molecule has 1 N–H and O–H groups in total. The first kappa shape index (κ1) is 17.4. The van der Waals surface area contributed by atoms with Crippen LogP contribution < -0.4 is 10.1 Å². The molecule has 0 radical (unpaired) electrons. The van der Waals surface area contributed by atoms with Gasteiger partial charge in [-0.05, 0) is 19.9 Å². The van der Waals surface area contributed by atoms with E-state index in [1.54, 1.807) is 13.4 Å². The second-order valence-corrected chi connectivity index (χ2v) is 6.70. The van der Waals surface area contributed by atoms with Gasteiger partial charge in [0.25, 0.3) is 0 Å². The average molecular weight is 343 g/mol. The van der Waals surface area contributed by atoms with Gasteiger partial charge in [-0.25, -0.2) is 9.67 Å². The molecular formula is C18H25N5O2. The van der Waals surface area contributed by atoms with Gasteiger partial charge in [0, 0.05) is 24.7 Å². The van der Waals surface area contributed by atoms with Crippen LogP contribution in [0.5, 0.6) is 5.75 Å². The molecule has 0 spiro atoms. The van der Waals surface area contributed by atoms with Gasteiger partial charge < -0.3 is 10.1 Å². The Balaban J connectivity index is 1.82. The van der Waals surface area contributed by atoms with Gasteiger partial charge >= 0.3 is 0 Å². The molecule has 1 atom stereocenters. The molecule has 0 aliphatic carbocycles. The second kappa shape index (κ2) is 7.65. The van der Waals surface area contributed by atoms with Gasteiger partial charge in [-0.3, -0.25) is 9.69 Å². The van der Waals surface area contributed by atoms with E-state index in [2.05, 4.69) is 26.4 Å². The second-order valence-electron chi connectivity index (χ2n) is 6.70. The third-order valence-electron chi connectivity index (χ3n) is 4.32. The summed E-state index contributed by atoms with van der Waals surface area (Å²) in [6.45, 7) is 6.51. The zero-order chi connectivity index (χ0) is 17.8. The van der Waals surface area contributed by atoms with Crippen molar-refractivity contribution in [1.82, 2.24) is 25.0 Å². The first-order valence-corrected chi connectivity index (χ1v) is 8.58. The van der Waals surface area contributed by atoms with Crippen molar-refractivity contribution in [3.8, 4) is 5.75 Å². The topological polar surface area (TPSA) is 72.3 Å². The minimum Gasteiger partial charge on any atom is -0.496 e. The van der Waals surface area contributed by atoms with Gasteiger partial charge in [0.1, 0.15) is 17.9 Å². The summed E-state index contributed by atoms with van der Waals surface area (Å²) in [6.07, 6.45) is 1.55. The maximum absolute atomic E-state index is 12.6. The molecule has 3 rings (SSSR count). The maximum Gasteiger partial charge on any atom is 0.226 e. The SMILES string of the molecule is COc1ccccc1CN1Cc2ncnn2C[C@H](C(=O)NC(C)C)C1. The number of nitrogens with zero attached hydrogens (tertiary/aromatic N) is 4. The van der Waals surface area contributed by atoms with Gasteiger partial charge in [0.15, 0.2) is 0 Å². The van der Waals surface area contributed by atoms with Crippen molar-refractivity contribution in [2.75, 3.05) is 13.7 Å². The van der Waals surface area contributed by atoms with Crippen molar-refractivity contribution < 1.29 is 9.53 Å². The summed E-state index contributed by atoms with van der Waals surface area (Å²) in [5.41, 5.74) is 1.10. The summed E-state index contributed by atoms with van der Waals surface area (Å²) < 4.78 is 7.30. The molecular weight excluding hydrogens is 318 g/mol. The van der Waals surface area contributed by atoms with E-state index in [1.165, 1.54) is 0 Å². The molecule has 2 heterocycles. The molecule has 0 unspecified atom stereocenters. The van der Waals surface area contributed by atoms with Crippen molar-refractivity contribution in [3.05, 3.63) is 42.0 Å². The molecule has 134 valence electrons. The zero-order valence-electron chi connectivity index (χ0n) is 15.0. The number of aromatic nitrogens is 3. The fourth-order valence-corrected chi connectivity index (χ4v) is 3.17. The average Bonchev–Trinajstić information content (AvgIpc) is 2.93. The molecule has 0 bridgehead atoms. The molecule has 1 aromatic carbocycles. The fraction of sp³-hybridized carbons (Fsp3) is 0.500. The lowest BCUT2D eigenvalue weighted by molar-refractivity contribution is -0.126. The molecule has 2 aromatic rings. The summed E-state index contributed by atoms with van der Waals surface area (Å²) in [5.74, 6) is 1.63. The Kier molecular flexibility index (Phi) is 5.33. The number of hydrogen-bond acceptors (Lipinski definition) is 5. The van der Waals surface area contributed by atoms with E-state index >= 15 is 0 Å². The first-order valence-electron chi connectivity index (χ1n) is 8.58. The van der Waals surface area contributed by atoms with Crippen LogP contribution in [0.3, 0.4) is 0 Å². The molecule has 1 aliphatic rings. The van der Waals surface area contributed by atoms with Crippen LogP contribution in [0.1, 0.15) is 25.2 Å². The van der Waals surface area contributed by atoms with Crippen LogP contribution in [0.25, 0.3) is 0 Å². The van der Waals surface area contributed by atoms with Crippen molar-refractivity contribution in [1.29, 1.82) is 0 Å². The standard InChI is InChI=1S/C18H25N5O2/c1-13(2)21-18(24)15-9-22(11-17-19-12-20-23(17)10-15)8-14-6-4-5-7-16(14)25-3/h4-7,12-13,15H,8-11H2,1-3H3,(H,21,24)/t15-/m1/s1. The Morgan fingerprint density at radius 1 is 1.36 bits per heavy atom. The number of nitrogens with one attached hydrogen (secondary N) is 1. The van der Waals surface area contributed by atoms with E-state index in [1.807, 2.05) is 36.7 Å². The van der Waals surface area contributed by atoms with Crippen molar-refractivity contribution in [2.45, 2.75) is 39.5 Å². The van der Waals surface area contributed by atoms with Crippen molar-refractivity contribution in [3.63, 3.8) is 0 Å². The van der Waals surface area contributed by atoms with Gasteiger partial charge in [-0.2, -0.15) is 5.10 Å². The molecule has 25 heavy (non-hydrogen) atoms. The Morgan fingerprint density at radius 3 is 2.92 bits per heavy atom. The van der Waals surface area contributed by atoms with Crippen LogP contribution in [0.2, 0.25) is 0 Å². The molecule has 0 fully saturated rings. The van der Waals surface area contributed by atoms with Gasteiger partial charge in [0.2, 0.25) is 5.91 Å². The van der Waals surface area contributed by atoms with E-state index in [0.717, 1.165) is 17.1 Å². The summed E-state index contributed by atoms with van der Waals surface area (Å²) in [6, 6.07) is 8.09. The highest BCUT2D eigenvalue weighted by Gasteiger charge is 2.28. The van der Waals surface area contributed by atoms with Crippen LogP contribution >= 0.6 is 0 Å². The smallest absolute Gasteiger partial charge is 0.226 e. The normalized spacial score (nSPS) is 17.8. The van der Waals surface area contributed by atoms with E-state index in [0.29, 0.717) is 26.2 Å². The number of methoxy groups -OCH3 is 1. The molecule has 7 heteroatoms. The van der Waals surface area contributed by atoms with E-state index in [9.17, 15) is 4.79 Å². The minimum absolute atomic E-state index is 0.0587. The Labute approximate surface area is 148 Å². The first-order chi connectivity index (χ1) is 12.1. The van der Waals surface area contributed by atoms with E-state index < -0.39 is 0 Å². The van der Waals surface area contributed by atoms with Crippen LogP contribution in [-0.4, -0.2) is 45.3 Å². The zero-order valence-corrected chi connectivity index (χ0v) is 15.0. The number of benzene rings is 1. The van der Waals surface area contributed by atoms with Gasteiger partial charge in [-0.15, -0.1) is 0 Å². The molecule has 7 nitrogen and oxygen atoms in total. The Hall–Kier alpha value is -2.41. The van der Waals surface area contributed by atoms with Gasteiger partial charge in [0.05, 0.1) is 26.1 Å². The number of carbonyl (C=O) groups is 1. The number of para-hydroxylation sites is 1. The van der Waals surface area contributed by atoms with Crippen LogP contribution in [0, 0.1) is 5.92 Å². The van der Waals surface area contributed by atoms with Crippen LogP contribution in [0.15, 0.2) is 30.6 Å². The number of amides is 1. The van der Waals surface area contributed by atoms with Gasteiger partial charge in [-0.1, -0.05) is 18.2 Å². The number of fused-ring (bicyclic) bond motifs is 1. The molecule has 0 saturated heterocycles. The summed E-state index contributed by atoms with van der Waals surface area (Å²) in [7, 11) is 1.68. The van der Waals surface area contributed by atoms with E-state index in [-0.39, 0.29) is 17.9 Å². The van der Waals surface area contributed by atoms with E-state index in [4.69, 9.17) is 4.74 Å². The largest absolute Gasteiger partial charge is 0.496 e. The van der Waals surface area contributed by atoms with Crippen LogP contribution in [0.4, 0.5) is 0 Å². The lowest BCUT2D eigenvalue weighted by Crippen LogP contribution is -2.41. The quantitative estimate of drug-likeness (QED) is 0.889. The number of hydrogen-bond donors (Lipinski definition) is 1. The number of rotatable bonds is 5. The van der Waals surface area contributed by atoms with Crippen molar-refractivity contribution >= 4 is 5.91 Å². The monoisotopic (exact) mass is 343 g/mol. The highest BCUT2D eigenvalue weighted by molar-refractivity contribution is 5.79. The molecule has 1 amide bonds. The minimum atomic E-state index is -0.167.